The van der Waals surface area contributed by atoms with Gasteiger partial charge in [0.1, 0.15) is 17.9 Å². The maximum Gasteiger partial charge on any atom is 0.387 e. The topological polar surface area (TPSA) is 65.4 Å². The van der Waals surface area contributed by atoms with Crippen molar-refractivity contribution < 1.29 is 40.6 Å². The molecular formula is C15H13F6N3O3. The SMILES string of the molecule is COc1cc(NC(=O)Cn2nc(C(F)F)cc2C(F)F)ccc1OC(F)F. The molecule has 0 atom stereocenters. The van der Waals surface area contributed by atoms with Gasteiger partial charge in [-0.05, 0) is 18.2 Å². The molecule has 27 heavy (non-hydrogen) atoms. The van der Waals surface area contributed by atoms with Crippen LogP contribution in [0.1, 0.15) is 24.2 Å². The van der Waals surface area contributed by atoms with E-state index in [9.17, 15) is 31.1 Å². The van der Waals surface area contributed by atoms with Crippen molar-refractivity contribution in [2.24, 2.45) is 0 Å². The van der Waals surface area contributed by atoms with Gasteiger partial charge in [-0.15, -0.1) is 0 Å². The van der Waals surface area contributed by atoms with E-state index >= 15 is 0 Å². The monoisotopic (exact) mass is 397 g/mol. The Hall–Kier alpha value is -2.92. The zero-order valence-electron chi connectivity index (χ0n) is 13.6. The Kier molecular flexibility index (Phi) is 6.53. The Labute approximate surface area is 148 Å². The minimum absolute atomic E-state index is 0.0818. The van der Waals surface area contributed by atoms with Gasteiger partial charge in [-0.3, -0.25) is 9.48 Å². The minimum Gasteiger partial charge on any atom is -0.493 e. The fourth-order valence-corrected chi connectivity index (χ4v) is 2.14. The van der Waals surface area contributed by atoms with Crippen LogP contribution in [-0.4, -0.2) is 29.4 Å². The summed E-state index contributed by atoms with van der Waals surface area (Å²) in [5, 5.41) is 5.59. The fourth-order valence-electron chi connectivity index (χ4n) is 2.14. The third-order valence-electron chi connectivity index (χ3n) is 3.23. The van der Waals surface area contributed by atoms with Gasteiger partial charge in [-0.2, -0.15) is 13.9 Å². The highest BCUT2D eigenvalue weighted by Gasteiger charge is 2.22. The maximum absolute atomic E-state index is 12.9. The van der Waals surface area contributed by atoms with Crippen LogP contribution in [0.4, 0.5) is 32.0 Å². The van der Waals surface area contributed by atoms with Crippen molar-refractivity contribution >= 4 is 11.6 Å². The van der Waals surface area contributed by atoms with E-state index in [0.29, 0.717) is 10.7 Å². The van der Waals surface area contributed by atoms with Crippen molar-refractivity contribution in [3.8, 4) is 11.5 Å². The molecule has 2 rings (SSSR count). The second-order valence-electron chi connectivity index (χ2n) is 5.05. The Morgan fingerprint density at radius 2 is 1.81 bits per heavy atom. The van der Waals surface area contributed by atoms with Crippen LogP contribution < -0.4 is 14.8 Å². The maximum atomic E-state index is 12.9. The van der Waals surface area contributed by atoms with Crippen molar-refractivity contribution in [2.75, 3.05) is 12.4 Å². The number of hydrogen-bond donors (Lipinski definition) is 1. The average molecular weight is 397 g/mol. The lowest BCUT2D eigenvalue weighted by Crippen LogP contribution is -2.21. The summed E-state index contributed by atoms with van der Waals surface area (Å²) >= 11 is 0. The predicted octanol–water partition coefficient (Wildman–Crippen LogP) is 4.01. The van der Waals surface area contributed by atoms with Crippen LogP contribution in [-0.2, 0) is 11.3 Å². The van der Waals surface area contributed by atoms with Gasteiger partial charge in [0.25, 0.3) is 12.9 Å². The Morgan fingerprint density at radius 1 is 1.11 bits per heavy atom. The largest absolute Gasteiger partial charge is 0.493 e. The first kappa shape index (κ1) is 20.4. The number of nitrogens with zero attached hydrogens (tertiary/aromatic N) is 2. The van der Waals surface area contributed by atoms with E-state index < -0.39 is 43.3 Å². The number of alkyl halides is 6. The number of benzene rings is 1. The smallest absolute Gasteiger partial charge is 0.387 e. The quantitative estimate of drug-likeness (QED) is 0.684. The van der Waals surface area contributed by atoms with Gasteiger partial charge in [-0.1, -0.05) is 0 Å². The highest BCUT2D eigenvalue weighted by Crippen LogP contribution is 2.31. The summed E-state index contributed by atoms with van der Waals surface area (Å²) in [4.78, 5) is 12.0. The van der Waals surface area contributed by atoms with Crippen molar-refractivity contribution in [1.82, 2.24) is 9.78 Å². The van der Waals surface area contributed by atoms with E-state index in [4.69, 9.17) is 4.74 Å². The van der Waals surface area contributed by atoms with E-state index in [1.54, 1.807) is 0 Å². The molecule has 0 aliphatic rings. The summed E-state index contributed by atoms with van der Waals surface area (Å²) in [6.45, 7) is -3.85. The van der Waals surface area contributed by atoms with Crippen LogP contribution in [0.25, 0.3) is 0 Å². The molecule has 0 aliphatic carbocycles. The van der Waals surface area contributed by atoms with Crippen LogP contribution in [0.3, 0.4) is 0 Å². The van der Waals surface area contributed by atoms with Gasteiger partial charge in [0.05, 0.1) is 7.11 Å². The molecule has 1 aromatic carbocycles. The second kappa shape index (κ2) is 8.64. The molecule has 0 saturated heterocycles. The van der Waals surface area contributed by atoms with Crippen LogP contribution in [0.5, 0.6) is 11.5 Å². The number of amides is 1. The van der Waals surface area contributed by atoms with E-state index in [1.807, 2.05) is 0 Å². The first-order valence-corrected chi connectivity index (χ1v) is 7.28. The highest BCUT2D eigenvalue weighted by molar-refractivity contribution is 5.90. The second-order valence-corrected chi connectivity index (χ2v) is 5.05. The molecule has 1 N–H and O–H groups in total. The van der Waals surface area contributed by atoms with Crippen molar-refractivity contribution in [2.45, 2.75) is 26.0 Å². The van der Waals surface area contributed by atoms with Gasteiger partial charge in [-0.25, -0.2) is 17.6 Å². The molecule has 1 aromatic heterocycles. The number of methoxy groups -OCH3 is 1. The number of halogens is 6. The summed E-state index contributed by atoms with van der Waals surface area (Å²) in [7, 11) is 1.18. The van der Waals surface area contributed by atoms with Crippen LogP contribution in [0.2, 0.25) is 0 Å². The van der Waals surface area contributed by atoms with E-state index in [2.05, 4.69) is 15.2 Å². The molecule has 0 unspecified atom stereocenters. The molecule has 0 bridgehead atoms. The Bertz CT molecular complexity index is 797. The number of ether oxygens (including phenoxy) is 2. The molecular weight excluding hydrogens is 384 g/mol. The molecule has 0 aliphatic heterocycles. The average Bonchev–Trinajstić information content (AvgIpc) is 3.00. The number of anilines is 1. The van der Waals surface area contributed by atoms with Crippen molar-refractivity contribution in [1.29, 1.82) is 0 Å². The lowest BCUT2D eigenvalue weighted by Gasteiger charge is -2.12. The van der Waals surface area contributed by atoms with Gasteiger partial charge in [0.2, 0.25) is 5.91 Å². The molecule has 148 valence electrons. The van der Waals surface area contributed by atoms with Gasteiger partial charge >= 0.3 is 6.61 Å². The molecule has 1 heterocycles. The molecule has 6 nitrogen and oxygen atoms in total. The van der Waals surface area contributed by atoms with E-state index in [0.717, 1.165) is 12.1 Å². The number of rotatable bonds is 8. The summed E-state index contributed by atoms with van der Waals surface area (Å²) in [5.41, 5.74) is -1.63. The predicted molar refractivity (Wildman–Crippen MR) is 80.4 cm³/mol. The van der Waals surface area contributed by atoms with Crippen LogP contribution in [0.15, 0.2) is 24.3 Å². The fraction of sp³-hybridized carbons (Fsp3) is 0.333. The number of aromatic nitrogens is 2. The van der Waals surface area contributed by atoms with Gasteiger partial charge in [0.15, 0.2) is 11.5 Å². The molecule has 2 aromatic rings. The van der Waals surface area contributed by atoms with Gasteiger partial charge < -0.3 is 14.8 Å². The lowest BCUT2D eigenvalue weighted by atomic mass is 10.2. The highest BCUT2D eigenvalue weighted by atomic mass is 19.3. The van der Waals surface area contributed by atoms with E-state index in [-0.39, 0.29) is 17.2 Å². The Balaban J connectivity index is 2.14. The van der Waals surface area contributed by atoms with Gasteiger partial charge in [0, 0.05) is 11.8 Å². The zero-order valence-corrected chi connectivity index (χ0v) is 13.6. The molecule has 0 spiro atoms. The Morgan fingerprint density at radius 3 is 2.37 bits per heavy atom. The number of hydrogen-bond acceptors (Lipinski definition) is 4. The third kappa shape index (κ3) is 5.28. The standard InChI is InChI=1S/C15H13F6N3O3/c1-26-11-4-7(2-3-10(11)27-15(20)21)22-12(25)6-24-9(14(18)19)5-8(23-24)13(16)17/h2-5,13-15H,6H2,1H3,(H,22,25). The summed E-state index contributed by atoms with van der Waals surface area (Å²) < 4.78 is 85.1. The number of carbonyl (C=O) groups is 1. The molecule has 12 heteroatoms. The molecule has 0 saturated carbocycles. The van der Waals surface area contributed by atoms with Crippen LogP contribution in [0, 0.1) is 0 Å². The van der Waals surface area contributed by atoms with Crippen molar-refractivity contribution in [3.63, 3.8) is 0 Å². The number of nitrogens with one attached hydrogen (secondary N) is 1. The number of carbonyl (C=O) groups excluding carboxylic acids is 1. The van der Waals surface area contributed by atoms with E-state index in [1.165, 1.54) is 13.2 Å². The van der Waals surface area contributed by atoms with Crippen LogP contribution >= 0.6 is 0 Å². The first-order chi connectivity index (χ1) is 12.7. The molecule has 0 radical (unpaired) electrons. The van der Waals surface area contributed by atoms with Crippen molar-refractivity contribution in [3.05, 3.63) is 35.7 Å². The third-order valence-corrected chi connectivity index (χ3v) is 3.23. The minimum atomic E-state index is -3.11. The normalized spacial score (nSPS) is 11.3. The summed E-state index contributed by atoms with van der Waals surface area (Å²) in [6.07, 6.45) is -6.18. The zero-order chi connectivity index (χ0) is 20.1. The summed E-state index contributed by atoms with van der Waals surface area (Å²) in [5.74, 6) is -1.25. The molecule has 0 fully saturated rings. The first-order valence-electron chi connectivity index (χ1n) is 7.28. The summed E-state index contributed by atoms with van der Waals surface area (Å²) in [6, 6.07) is 3.99. The molecule has 1 amide bonds. The lowest BCUT2D eigenvalue weighted by molar-refractivity contribution is -0.117.